The summed E-state index contributed by atoms with van der Waals surface area (Å²) in [5.74, 6) is 0. The summed E-state index contributed by atoms with van der Waals surface area (Å²) in [4.78, 5) is 0. The van der Waals surface area contributed by atoms with Gasteiger partial charge in [-0.2, -0.15) is 0 Å². The van der Waals surface area contributed by atoms with E-state index in [9.17, 15) is 0 Å². The van der Waals surface area contributed by atoms with Crippen LogP contribution < -0.4 is 0 Å². The summed E-state index contributed by atoms with van der Waals surface area (Å²) in [6, 6.07) is 0. The van der Waals surface area contributed by atoms with E-state index in [4.69, 9.17) is 20.4 Å². The standard InChI is InChI=1S/C5H12O4.Ti/c6-1-5(2-7,3-8)4-9;/h6-9H,1-4H2;. The fourth-order valence-electron chi connectivity index (χ4n) is 0.300. The molecule has 0 aliphatic heterocycles. The van der Waals surface area contributed by atoms with Gasteiger partial charge in [0.05, 0.1) is 31.8 Å². The first-order valence-electron chi connectivity index (χ1n) is 2.68. The second kappa shape index (κ2) is 6.28. The summed E-state index contributed by atoms with van der Waals surface area (Å²) < 4.78 is 0. The zero-order valence-corrected chi connectivity index (χ0v) is 7.18. The summed E-state index contributed by atoms with van der Waals surface area (Å²) in [5.41, 5.74) is -1.11. The minimum absolute atomic E-state index is 0. The Hall–Kier alpha value is 0.554. The molecule has 0 aliphatic carbocycles. The maximum absolute atomic E-state index is 8.50. The third kappa shape index (κ3) is 3.10. The van der Waals surface area contributed by atoms with Crippen LogP contribution in [0.4, 0.5) is 0 Å². The summed E-state index contributed by atoms with van der Waals surface area (Å²) in [5, 5.41) is 34.0. The van der Waals surface area contributed by atoms with E-state index in [2.05, 4.69) is 0 Å². The van der Waals surface area contributed by atoms with E-state index in [0.29, 0.717) is 0 Å². The van der Waals surface area contributed by atoms with E-state index in [1.165, 1.54) is 0 Å². The molecule has 4 nitrogen and oxygen atoms in total. The fourth-order valence-corrected chi connectivity index (χ4v) is 0.300. The Kier molecular flexibility index (Phi) is 8.26. The van der Waals surface area contributed by atoms with Gasteiger partial charge in [-0.15, -0.1) is 0 Å². The number of aliphatic hydroxyl groups excluding tert-OH is 4. The molecule has 0 radical (unpaired) electrons. The normalized spacial score (nSPS) is 10.8. The summed E-state index contributed by atoms with van der Waals surface area (Å²) in [6.07, 6.45) is 0. The molecule has 4 N–H and O–H groups in total. The van der Waals surface area contributed by atoms with Crippen molar-refractivity contribution < 1.29 is 42.1 Å². The van der Waals surface area contributed by atoms with E-state index in [1.54, 1.807) is 0 Å². The predicted molar refractivity (Wildman–Crippen MR) is 30.8 cm³/mol. The molecule has 0 atom stereocenters. The molecule has 0 saturated carbocycles. The van der Waals surface area contributed by atoms with Crippen LogP contribution in [0.1, 0.15) is 0 Å². The van der Waals surface area contributed by atoms with Gasteiger partial charge in [-0.05, 0) is 0 Å². The zero-order chi connectivity index (χ0) is 7.33. The Morgan fingerprint density at radius 3 is 0.900 bits per heavy atom. The van der Waals surface area contributed by atoms with Crippen molar-refractivity contribution in [2.24, 2.45) is 5.41 Å². The topological polar surface area (TPSA) is 80.9 Å². The molecule has 0 heterocycles. The van der Waals surface area contributed by atoms with Gasteiger partial charge < -0.3 is 20.4 Å². The van der Waals surface area contributed by atoms with Crippen molar-refractivity contribution in [3.8, 4) is 0 Å². The van der Waals surface area contributed by atoms with Crippen LogP contribution >= 0.6 is 0 Å². The van der Waals surface area contributed by atoms with Crippen molar-refractivity contribution in [2.75, 3.05) is 26.4 Å². The van der Waals surface area contributed by atoms with E-state index in [0.717, 1.165) is 0 Å². The minimum Gasteiger partial charge on any atom is -0.396 e. The van der Waals surface area contributed by atoms with E-state index in [1.807, 2.05) is 0 Å². The number of aliphatic hydroxyl groups is 4. The Bertz CT molecular complexity index is 56.5. The van der Waals surface area contributed by atoms with Gasteiger partial charge in [-0.1, -0.05) is 0 Å². The third-order valence-electron chi connectivity index (χ3n) is 1.34. The molecule has 0 aromatic rings. The number of rotatable bonds is 4. The molecule has 0 aromatic carbocycles. The largest absolute Gasteiger partial charge is 0.396 e. The predicted octanol–water partition coefficient (Wildman–Crippen LogP) is -2.06. The quantitative estimate of drug-likeness (QED) is 0.379. The summed E-state index contributed by atoms with van der Waals surface area (Å²) in [7, 11) is 0. The Balaban J connectivity index is 0. The van der Waals surface area contributed by atoms with E-state index < -0.39 is 31.8 Å². The maximum Gasteiger partial charge on any atom is 0.0627 e. The third-order valence-corrected chi connectivity index (χ3v) is 1.34. The van der Waals surface area contributed by atoms with Gasteiger partial charge >= 0.3 is 0 Å². The molecule has 0 rings (SSSR count). The smallest absolute Gasteiger partial charge is 0.0627 e. The molecule has 0 fully saturated rings. The van der Waals surface area contributed by atoms with Crippen molar-refractivity contribution in [2.45, 2.75) is 0 Å². The maximum atomic E-state index is 8.50. The first kappa shape index (κ1) is 13.2. The van der Waals surface area contributed by atoms with Gasteiger partial charge in [0, 0.05) is 21.7 Å². The average Bonchev–Trinajstić information content (AvgIpc) is 1.95. The molecule has 0 amide bonds. The molecule has 0 aliphatic rings. The second-order valence-electron chi connectivity index (χ2n) is 2.13. The minimum atomic E-state index is -1.11. The van der Waals surface area contributed by atoms with Crippen molar-refractivity contribution in [3.63, 3.8) is 0 Å². The van der Waals surface area contributed by atoms with Gasteiger partial charge in [0.15, 0.2) is 0 Å². The van der Waals surface area contributed by atoms with Crippen LogP contribution in [0, 0.1) is 5.41 Å². The first-order chi connectivity index (χ1) is 4.24. The molecule has 0 unspecified atom stereocenters. The average molecular weight is 184 g/mol. The van der Waals surface area contributed by atoms with Crippen LogP contribution in [0.5, 0.6) is 0 Å². The number of hydrogen-bond acceptors (Lipinski definition) is 4. The van der Waals surface area contributed by atoms with Crippen LogP contribution in [0.3, 0.4) is 0 Å². The molecule has 0 saturated heterocycles. The molecule has 5 heteroatoms. The van der Waals surface area contributed by atoms with Crippen LogP contribution in [0.25, 0.3) is 0 Å². The SMILES string of the molecule is OCC(CO)(CO)CO.[Ti]. The summed E-state index contributed by atoms with van der Waals surface area (Å²) >= 11 is 0. The van der Waals surface area contributed by atoms with Gasteiger partial charge in [-0.3, -0.25) is 0 Å². The van der Waals surface area contributed by atoms with Gasteiger partial charge in [0.25, 0.3) is 0 Å². The van der Waals surface area contributed by atoms with Crippen LogP contribution in [0.2, 0.25) is 0 Å². The fraction of sp³-hybridized carbons (Fsp3) is 1.00. The van der Waals surface area contributed by atoms with Crippen LogP contribution in [0.15, 0.2) is 0 Å². The Morgan fingerprint density at radius 1 is 0.700 bits per heavy atom. The van der Waals surface area contributed by atoms with Crippen molar-refractivity contribution in [1.29, 1.82) is 0 Å². The Morgan fingerprint density at radius 2 is 0.900 bits per heavy atom. The van der Waals surface area contributed by atoms with Crippen molar-refractivity contribution >= 4 is 0 Å². The van der Waals surface area contributed by atoms with Crippen molar-refractivity contribution in [1.82, 2.24) is 0 Å². The van der Waals surface area contributed by atoms with Crippen LogP contribution in [-0.2, 0) is 21.7 Å². The van der Waals surface area contributed by atoms with Crippen molar-refractivity contribution in [3.05, 3.63) is 0 Å². The van der Waals surface area contributed by atoms with E-state index in [-0.39, 0.29) is 21.7 Å². The van der Waals surface area contributed by atoms with Gasteiger partial charge in [-0.25, -0.2) is 0 Å². The number of hydrogen-bond donors (Lipinski definition) is 4. The molecule has 60 valence electrons. The molecule has 0 spiro atoms. The molecule has 10 heavy (non-hydrogen) atoms. The summed E-state index contributed by atoms with van der Waals surface area (Å²) in [6.45, 7) is -1.62. The first-order valence-corrected chi connectivity index (χ1v) is 2.68. The molecule has 0 aromatic heterocycles. The molecular formula is C5H12O4Ti. The molecule has 0 bridgehead atoms. The van der Waals surface area contributed by atoms with E-state index >= 15 is 0 Å². The zero-order valence-electron chi connectivity index (χ0n) is 5.62. The Labute approximate surface area is 74.4 Å². The monoisotopic (exact) mass is 184 g/mol. The van der Waals surface area contributed by atoms with Crippen LogP contribution in [-0.4, -0.2) is 46.9 Å². The van der Waals surface area contributed by atoms with Gasteiger partial charge in [0.2, 0.25) is 0 Å². The second-order valence-corrected chi connectivity index (χ2v) is 2.13. The van der Waals surface area contributed by atoms with Gasteiger partial charge in [0.1, 0.15) is 0 Å². The molecular weight excluding hydrogens is 172 g/mol.